The molecule has 0 aliphatic carbocycles. The van der Waals surface area contributed by atoms with Crippen molar-refractivity contribution >= 4 is 33.2 Å². The largest absolute Gasteiger partial charge is 0.379 e. The summed E-state index contributed by atoms with van der Waals surface area (Å²) in [6.07, 6.45) is 0. The fraction of sp³-hybridized carbons (Fsp3) is 0.278. The van der Waals surface area contributed by atoms with Crippen LogP contribution in [-0.4, -0.2) is 52.0 Å². The molecular weight excluding hydrogens is 376 g/mol. The van der Waals surface area contributed by atoms with Crippen LogP contribution in [0.1, 0.15) is 10.4 Å². The highest BCUT2D eigenvalue weighted by atomic mass is 35.5. The highest BCUT2D eigenvalue weighted by molar-refractivity contribution is 7.89. The van der Waals surface area contributed by atoms with Crippen molar-refractivity contribution in [3.8, 4) is 0 Å². The molecule has 3 rings (SSSR count). The third kappa shape index (κ3) is 3.76. The van der Waals surface area contributed by atoms with Gasteiger partial charge in [-0.15, -0.1) is 0 Å². The molecule has 1 saturated heterocycles. The molecule has 1 aliphatic rings. The Morgan fingerprint density at radius 2 is 1.77 bits per heavy atom. The Bertz CT molecular complexity index is 897. The maximum absolute atomic E-state index is 12.8. The smallest absolute Gasteiger partial charge is 0.259 e. The van der Waals surface area contributed by atoms with Gasteiger partial charge in [-0.2, -0.15) is 4.31 Å². The Morgan fingerprint density at radius 1 is 1.12 bits per heavy atom. The van der Waals surface area contributed by atoms with Gasteiger partial charge in [0.2, 0.25) is 10.0 Å². The molecule has 0 spiro atoms. The molecule has 1 fully saturated rings. The van der Waals surface area contributed by atoms with Gasteiger partial charge in [0.15, 0.2) is 0 Å². The van der Waals surface area contributed by atoms with Gasteiger partial charge in [-0.05, 0) is 30.3 Å². The predicted octanol–water partition coefficient (Wildman–Crippen LogP) is 2.64. The zero-order valence-electron chi connectivity index (χ0n) is 14.3. The van der Waals surface area contributed by atoms with Crippen LogP contribution in [-0.2, 0) is 14.8 Å². The normalized spacial score (nSPS) is 15.6. The fourth-order valence-corrected chi connectivity index (χ4v) is 4.35. The van der Waals surface area contributed by atoms with Crippen LogP contribution in [0.15, 0.2) is 53.4 Å². The number of ether oxygens (including phenoxy) is 1. The van der Waals surface area contributed by atoms with Gasteiger partial charge in [-0.25, -0.2) is 8.42 Å². The van der Waals surface area contributed by atoms with Gasteiger partial charge in [0.05, 0.1) is 28.7 Å². The van der Waals surface area contributed by atoms with Crippen LogP contribution in [0.4, 0.5) is 5.69 Å². The summed E-state index contributed by atoms with van der Waals surface area (Å²) in [6.45, 7) is 1.29. The van der Waals surface area contributed by atoms with Gasteiger partial charge in [0.25, 0.3) is 5.91 Å². The van der Waals surface area contributed by atoms with E-state index in [1.165, 1.54) is 27.4 Å². The van der Waals surface area contributed by atoms with E-state index < -0.39 is 10.0 Å². The first-order valence-electron chi connectivity index (χ1n) is 8.12. The highest BCUT2D eigenvalue weighted by Gasteiger charge is 2.28. The number of benzene rings is 2. The van der Waals surface area contributed by atoms with Crippen molar-refractivity contribution in [2.75, 3.05) is 38.3 Å². The van der Waals surface area contributed by atoms with E-state index >= 15 is 0 Å². The first kappa shape index (κ1) is 18.8. The summed E-state index contributed by atoms with van der Waals surface area (Å²) in [5.41, 5.74) is 0.836. The lowest BCUT2D eigenvalue weighted by molar-refractivity contribution is 0.0730. The minimum absolute atomic E-state index is 0.0496. The number of carbonyl (C=O) groups is 1. The lowest BCUT2D eigenvalue weighted by Gasteiger charge is -2.26. The molecule has 2 aromatic rings. The van der Waals surface area contributed by atoms with E-state index in [0.29, 0.717) is 18.9 Å². The monoisotopic (exact) mass is 394 g/mol. The molecule has 1 aliphatic heterocycles. The van der Waals surface area contributed by atoms with Crippen molar-refractivity contribution in [1.29, 1.82) is 0 Å². The van der Waals surface area contributed by atoms with Crippen molar-refractivity contribution in [2.24, 2.45) is 0 Å². The van der Waals surface area contributed by atoms with E-state index in [2.05, 4.69) is 0 Å². The number of rotatable bonds is 4. The molecule has 8 heteroatoms. The van der Waals surface area contributed by atoms with Crippen LogP contribution < -0.4 is 4.90 Å². The average molecular weight is 395 g/mol. The number of hydrogen-bond acceptors (Lipinski definition) is 4. The summed E-state index contributed by atoms with van der Waals surface area (Å²) in [6, 6.07) is 13.3. The Morgan fingerprint density at radius 3 is 2.42 bits per heavy atom. The number of halogens is 1. The zero-order valence-corrected chi connectivity index (χ0v) is 15.8. The molecule has 6 nitrogen and oxygen atoms in total. The lowest BCUT2D eigenvalue weighted by Crippen LogP contribution is -2.40. The quantitative estimate of drug-likeness (QED) is 0.799. The molecule has 138 valence electrons. The summed E-state index contributed by atoms with van der Waals surface area (Å²) in [5, 5.41) is 0.207. The number of para-hydroxylation sites is 1. The summed E-state index contributed by atoms with van der Waals surface area (Å²) in [5.74, 6) is -0.375. The molecule has 0 aromatic heterocycles. The maximum atomic E-state index is 12.8. The van der Waals surface area contributed by atoms with E-state index in [4.69, 9.17) is 16.3 Å². The summed E-state index contributed by atoms with van der Waals surface area (Å²) in [4.78, 5) is 14.3. The third-order valence-electron chi connectivity index (χ3n) is 4.22. The second-order valence-electron chi connectivity index (χ2n) is 5.86. The minimum Gasteiger partial charge on any atom is -0.379 e. The van der Waals surface area contributed by atoms with Gasteiger partial charge in [0.1, 0.15) is 0 Å². The first-order valence-corrected chi connectivity index (χ1v) is 9.93. The van der Waals surface area contributed by atoms with Gasteiger partial charge in [-0.3, -0.25) is 4.79 Å². The standard InChI is InChI=1S/C18H19ClN2O4S/c1-20(14-5-3-2-4-6-14)18(22)16-13-15(7-8-17(16)19)26(23,24)21-9-11-25-12-10-21/h2-8,13H,9-12H2,1H3. The number of hydrogen-bond donors (Lipinski definition) is 0. The van der Waals surface area contributed by atoms with Crippen LogP contribution in [0.5, 0.6) is 0 Å². The number of morpholine rings is 1. The van der Waals surface area contributed by atoms with Crippen LogP contribution in [0.25, 0.3) is 0 Å². The van der Waals surface area contributed by atoms with Crippen molar-refractivity contribution < 1.29 is 17.9 Å². The topological polar surface area (TPSA) is 66.9 Å². The van der Waals surface area contributed by atoms with Gasteiger partial charge >= 0.3 is 0 Å². The number of nitrogens with zero attached hydrogens (tertiary/aromatic N) is 2. The predicted molar refractivity (Wildman–Crippen MR) is 100 cm³/mol. The number of anilines is 1. The molecule has 26 heavy (non-hydrogen) atoms. The molecule has 0 bridgehead atoms. The highest BCUT2D eigenvalue weighted by Crippen LogP contribution is 2.26. The molecular formula is C18H19ClN2O4S. The Hall–Kier alpha value is -1.93. The van der Waals surface area contributed by atoms with Crippen LogP contribution in [0.2, 0.25) is 5.02 Å². The molecule has 0 atom stereocenters. The SMILES string of the molecule is CN(C(=O)c1cc(S(=O)(=O)N2CCOCC2)ccc1Cl)c1ccccc1. The molecule has 0 radical (unpaired) electrons. The lowest BCUT2D eigenvalue weighted by atomic mass is 10.2. The van der Waals surface area contributed by atoms with Gasteiger partial charge in [0, 0.05) is 25.8 Å². The zero-order chi connectivity index (χ0) is 18.7. The van der Waals surface area contributed by atoms with E-state index in [1.54, 1.807) is 19.2 Å². The van der Waals surface area contributed by atoms with Crippen LogP contribution in [0.3, 0.4) is 0 Å². The van der Waals surface area contributed by atoms with Gasteiger partial charge < -0.3 is 9.64 Å². The van der Waals surface area contributed by atoms with Gasteiger partial charge in [-0.1, -0.05) is 29.8 Å². The molecule has 0 unspecified atom stereocenters. The Labute approximate surface area is 158 Å². The molecule has 0 N–H and O–H groups in total. The van der Waals surface area contributed by atoms with Crippen molar-refractivity contribution in [3.05, 3.63) is 59.1 Å². The number of carbonyl (C=O) groups excluding carboxylic acids is 1. The molecule has 0 saturated carbocycles. The summed E-state index contributed by atoms with van der Waals surface area (Å²) >= 11 is 6.18. The first-order chi connectivity index (χ1) is 12.4. The third-order valence-corrected chi connectivity index (χ3v) is 6.45. The Balaban J connectivity index is 1.94. The summed E-state index contributed by atoms with van der Waals surface area (Å²) in [7, 11) is -2.08. The summed E-state index contributed by atoms with van der Waals surface area (Å²) < 4.78 is 32.2. The molecule has 1 heterocycles. The second-order valence-corrected chi connectivity index (χ2v) is 8.20. The van der Waals surface area contributed by atoms with Crippen molar-refractivity contribution in [2.45, 2.75) is 4.90 Å². The van der Waals surface area contributed by atoms with Crippen LogP contribution in [0, 0.1) is 0 Å². The number of amides is 1. The van der Waals surface area contributed by atoms with E-state index in [-0.39, 0.29) is 34.5 Å². The minimum atomic E-state index is -3.70. The molecule has 2 aromatic carbocycles. The Kier molecular flexibility index (Phi) is 5.62. The average Bonchev–Trinajstić information content (AvgIpc) is 2.68. The number of sulfonamides is 1. The van der Waals surface area contributed by atoms with Crippen molar-refractivity contribution in [3.63, 3.8) is 0 Å². The van der Waals surface area contributed by atoms with Crippen molar-refractivity contribution in [1.82, 2.24) is 4.31 Å². The van der Waals surface area contributed by atoms with E-state index in [1.807, 2.05) is 18.2 Å². The van der Waals surface area contributed by atoms with Crippen LogP contribution >= 0.6 is 11.6 Å². The molecule has 1 amide bonds. The van der Waals surface area contributed by atoms with E-state index in [9.17, 15) is 13.2 Å². The fourth-order valence-electron chi connectivity index (χ4n) is 2.71. The maximum Gasteiger partial charge on any atom is 0.259 e. The van der Waals surface area contributed by atoms with E-state index in [0.717, 1.165) is 0 Å². The second kappa shape index (κ2) is 7.75.